The van der Waals surface area contributed by atoms with Crippen LogP contribution in [0.25, 0.3) is 0 Å². The Bertz CT molecular complexity index is 690. The lowest BCUT2D eigenvalue weighted by molar-refractivity contribution is -0.159. The lowest BCUT2D eigenvalue weighted by atomic mass is 10.1. The zero-order valence-electron chi connectivity index (χ0n) is 14.6. The number of hydrogen-bond donors (Lipinski definition) is 4. The average Bonchev–Trinajstić information content (AvgIpc) is 3.17. The molecule has 0 spiro atoms. The van der Waals surface area contributed by atoms with Crippen molar-refractivity contribution in [1.29, 1.82) is 0 Å². The van der Waals surface area contributed by atoms with Gasteiger partial charge in [-0.3, -0.25) is 14.2 Å². The highest BCUT2D eigenvalue weighted by Gasteiger charge is 2.49. The zero-order chi connectivity index (χ0) is 19.4. The Morgan fingerprint density at radius 2 is 1.81 bits per heavy atom. The Hall–Kier alpha value is -2.50. The van der Waals surface area contributed by atoms with Crippen molar-refractivity contribution < 1.29 is 34.1 Å². The normalized spacial score (nSPS) is 25.0. The summed E-state index contributed by atoms with van der Waals surface area (Å²) in [4.78, 5) is 40.2. The molecule has 2 rings (SSSR count). The van der Waals surface area contributed by atoms with Crippen LogP contribution in [0.4, 0.5) is 0 Å². The first kappa shape index (κ1) is 19.8. The fourth-order valence-corrected chi connectivity index (χ4v) is 2.63. The van der Waals surface area contributed by atoms with Crippen molar-refractivity contribution in [3.63, 3.8) is 0 Å². The van der Waals surface area contributed by atoms with Crippen LogP contribution in [0.1, 0.15) is 41.1 Å². The van der Waals surface area contributed by atoms with Crippen LogP contribution in [-0.2, 0) is 14.3 Å². The quantitative estimate of drug-likeness (QED) is 0.427. The van der Waals surface area contributed by atoms with Crippen LogP contribution in [0, 0.1) is 0 Å². The van der Waals surface area contributed by atoms with Crippen molar-refractivity contribution in [3.8, 4) is 0 Å². The topological polar surface area (TPSA) is 152 Å². The van der Waals surface area contributed by atoms with E-state index in [0.717, 1.165) is 18.0 Å². The molecule has 2 amide bonds. The van der Waals surface area contributed by atoms with Gasteiger partial charge in [-0.15, -0.1) is 0 Å². The summed E-state index contributed by atoms with van der Waals surface area (Å²) in [5.41, 5.74) is -0.316. The van der Waals surface area contributed by atoms with E-state index in [9.17, 15) is 24.6 Å². The molecule has 11 nitrogen and oxygen atoms in total. The van der Waals surface area contributed by atoms with Gasteiger partial charge in [-0.2, -0.15) is 0 Å². The zero-order valence-corrected chi connectivity index (χ0v) is 14.6. The highest BCUT2D eigenvalue weighted by molar-refractivity contribution is 6.05. The summed E-state index contributed by atoms with van der Waals surface area (Å²) in [6.07, 6.45) is -4.71. The van der Waals surface area contributed by atoms with E-state index in [1.165, 1.54) is 0 Å². The van der Waals surface area contributed by atoms with Crippen molar-refractivity contribution in [3.05, 3.63) is 17.7 Å². The molecule has 1 aliphatic rings. The van der Waals surface area contributed by atoms with Gasteiger partial charge >= 0.3 is 5.97 Å². The van der Waals surface area contributed by atoms with Crippen LogP contribution in [-0.4, -0.2) is 76.1 Å². The second kappa shape index (κ2) is 8.25. The summed E-state index contributed by atoms with van der Waals surface area (Å²) < 4.78 is 11.0. The molecule has 4 atom stereocenters. The van der Waals surface area contributed by atoms with Gasteiger partial charge in [0.15, 0.2) is 18.0 Å². The van der Waals surface area contributed by atoms with Crippen molar-refractivity contribution in [2.24, 2.45) is 0 Å². The van der Waals surface area contributed by atoms with Crippen molar-refractivity contribution in [2.45, 2.75) is 38.4 Å². The molecular weight excluding hydrogens is 348 g/mol. The number of ether oxygens (including phenoxy) is 2. The van der Waals surface area contributed by atoms with Gasteiger partial charge in [-0.05, 0) is 13.8 Å². The van der Waals surface area contributed by atoms with Gasteiger partial charge < -0.3 is 30.3 Å². The van der Waals surface area contributed by atoms with Gasteiger partial charge in [0.1, 0.15) is 17.9 Å². The first-order valence-corrected chi connectivity index (χ1v) is 8.09. The summed E-state index contributed by atoms with van der Waals surface area (Å²) >= 11 is 0. The number of aliphatic hydroxyl groups excluding tert-OH is 2. The van der Waals surface area contributed by atoms with E-state index in [1.54, 1.807) is 13.8 Å². The Kier molecular flexibility index (Phi) is 6.29. The number of carbonyl (C=O) groups is 3. The van der Waals surface area contributed by atoms with Gasteiger partial charge in [0.25, 0.3) is 11.8 Å². The number of esters is 1. The third-order valence-electron chi connectivity index (χ3n) is 3.84. The fourth-order valence-electron chi connectivity index (χ4n) is 2.63. The van der Waals surface area contributed by atoms with Crippen molar-refractivity contribution in [2.75, 3.05) is 20.2 Å². The maximum absolute atomic E-state index is 12.4. The predicted molar refractivity (Wildman–Crippen MR) is 86.2 cm³/mol. The van der Waals surface area contributed by atoms with Crippen LogP contribution < -0.4 is 10.6 Å². The maximum atomic E-state index is 12.4. The number of aromatic nitrogens is 2. The molecule has 1 aromatic heterocycles. The molecule has 0 aromatic carbocycles. The third-order valence-corrected chi connectivity index (χ3v) is 3.84. The highest BCUT2D eigenvalue weighted by Crippen LogP contribution is 2.31. The number of nitrogens with one attached hydrogen (secondary N) is 2. The summed E-state index contributed by atoms with van der Waals surface area (Å²) in [6.45, 7) is 4.02. The molecule has 1 aromatic rings. The summed E-state index contributed by atoms with van der Waals surface area (Å²) in [6, 6.07) is 0. The molecule has 1 fully saturated rings. The second-order valence-corrected chi connectivity index (χ2v) is 5.52. The van der Waals surface area contributed by atoms with E-state index in [4.69, 9.17) is 4.74 Å². The Morgan fingerprint density at radius 1 is 1.19 bits per heavy atom. The number of carbonyl (C=O) groups excluding carboxylic acids is 3. The predicted octanol–water partition coefficient (Wildman–Crippen LogP) is -1.83. The molecule has 1 saturated heterocycles. The smallest absolute Gasteiger partial charge is 0.337 e. The Balaban J connectivity index is 2.44. The van der Waals surface area contributed by atoms with E-state index in [-0.39, 0.29) is 11.4 Å². The number of rotatable bonds is 6. The average molecular weight is 370 g/mol. The minimum absolute atomic E-state index is 0.153. The van der Waals surface area contributed by atoms with Crippen LogP contribution in [0.15, 0.2) is 6.33 Å². The number of amides is 2. The number of hydrogen-bond acceptors (Lipinski definition) is 8. The van der Waals surface area contributed by atoms with Crippen LogP contribution in [0.5, 0.6) is 0 Å². The highest BCUT2D eigenvalue weighted by atomic mass is 16.6. The van der Waals surface area contributed by atoms with E-state index in [2.05, 4.69) is 20.4 Å². The van der Waals surface area contributed by atoms with E-state index < -0.39 is 42.3 Å². The summed E-state index contributed by atoms with van der Waals surface area (Å²) in [5.74, 6) is -2.06. The fraction of sp³-hybridized carbons (Fsp3) is 0.600. The summed E-state index contributed by atoms with van der Waals surface area (Å²) in [5, 5.41) is 25.4. The molecule has 0 aliphatic carbocycles. The molecule has 0 bridgehead atoms. The van der Waals surface area contributed by atoms with Crippen LogP contribution >= 0.6 is 0 Å². The van der Waals surface area contributed by atoms with Gasteiger partial charge in [0.2, 0.25) is 0 Å². The number of imidazole rings is 1. The van der Waals surface area contributed by atoms with Crippen molar-refractivity contribution >= 4 is 17.8 Å². The maximum Gasteiger partial charge on any atom is 0.337 e. The number of nitrogens with zero attached hydrogens (tertiary/aromatic N) is 2. The molecule has 1 aliphatic heterocycles. The van der Waals surface area contributed by atoms with E-state index >= 15 is 0 Å². The summed E-state index contributed by atoms with van der Waals surface area (Å²) in [7, 11) is 1.11. The number of aliphatic hydroxyl groups is 2. The molecule has 11 heteroatoms. The molecule has 144 valence electrons. The molecule has 4 N–H and O–H groups in total. The van der Waals surface area contributed by atoms with Gasteiger partial charge in [0, 0.05) is 13.1 Å². The van der Waals surface area contributed by atoms with E-state index in [1.807, 2.05) is 0 Å². The molecule has 0 unspecified atom stereocenters. The van der Waals surface area contributed by atoms with Crippen LogP contribution in [0.2, 0.25) is 0 Å². The molecule has 0 saturated carbocycles. The van der Waals surface area contributed by atoms with E-state index in [0.29, 0.717) is 13.1 Å². The van der Waals surface area contributed by atoms with Gasteiger partial charge in [-0.1, -0.05) is 0 Å². The SMILES string of the molecule is CCNC(=O)c1ncn([C@@H]2O[C@H](C(=O)OC)[C@@H](O)[C@H]2O)c1C(=O)NCC. The molecule has 2 heterocycles. The minimum Gasteiger partial charge on any atom is -0.467 e. The largest absolute Gasteiger partial charge is 0.467 e. The monoisotopic (exact) mass is 370 g/mol. The standard InChI is InChI=1S/C15H22N4O7/c1-4-16-12(22)7-8(13(23)17-5-2)19(6-18-7)14-10(21)9(20)11(26-14)15(24)25-3/h6,9-11,14,20-21H,4-5H2,1-3H3,(H,16,22)(H,17,23)/t9-,10+,11-,14+/m0/s1. The molecule has 26 heavy (non-hydrogen) atoms. The Morgan fingerprint density at radius 3 is 2.38 bits per heavy atom. The van der Waals surface area contributed by atoms with Gasteiger partial charge in [0.05, 0.1) is 13.4 Å². The molecule has 0 radical (unpaired) electrons. The first-order valence-electron chi connectivity index (χ1n) is 8.09. The Labute approximate surface area is 149 Å². The first-order chi connectivity index (χ1) is 12.4. The lowest BCUT2D eigenvalue weighted by Gasteiger charge is -2.18. The lowest BCUT2D eigenvalue weighted by Crippen LogP contribution is -2.37. The second-order valence-electron chi connectivity index (χ2n) is 5.52. The number of methoxy groups -OCH3 is 1. The van der Waals surface area contributed by atoms with Gasteiger partial charge in [-0.25, -0.2) is 9.78 Å². The minimum atomic E-state index is -1.56. The van der Waals surface area contributed by atoms with Crippen molar-refractivity contribution in [1.82, 2.24) is 20.2 Å². The van der Waals surface area contributed by atoms with Crippen LogP contribution in [0.3, 0.4) is 0 Å². The molecular formula is C15H22N4O7. The third kappa shape index (κ3) is 3.54.